The Kier molecular flexibility index (Phi) is 5.35. The summed E-state index contributed by atoms with van der Waals surface area (Å²) in [5.41, 5.74) is -0.0486. The van der Waals surface area contributed by atoms with Crippen molar-refractivity contribution in [3.63, 3.8) is 0 Å². The minimum Gasteiger partial charge on any atom is -0.265 e. The van der Waals surface area contributed by atoms with Gasteiger partial charge in [0.25, 0.3) is 0 Å². The van der Waals surface area contributed by atoms with Crippen LogP contribution < -0.4 is 5.48 Å². The first-order valence-electron chi connectivity index (χ1n) is 8.44. The Balaban J connectivity index is 1.83. The Bertz CT molecular complexity index is 1210. The van der Waals surface area contributed by atoms with Crippen molar-refractivity contribution in [3.05, 3.63) is 80.8 Å². The van der Waals surface area contributed by atoms with E-state index in [0.29, 0.717) is 5.69 Å². The lowest BCUT2D eigenvalue weighted by atomic mass is 9.91. The van der Waals surface area contributed by atoms with E-state index < -0.39 is 11.8 Å². The van der Waals surface area contributed by atoms with Crippen molar-refractivity contribution in [2.75, 3.05) is 0 Å². The molecule has 0 spiro atoms. The molecule has 1 aliphatic heterocycles. The zero-order chi connectivity index (χ0) is 22.4. The van der Waals surface area contributed by atoms with E-state index in [2.05, 4.69) is 15.6 Å². The van der Waals surface area contributed by atoms with Crippen LogP contribution in [0.2, 0.25) is 15.1 Å². The number of nitrogens with zero attached hydrogens (tertiary/aromatic N) is 4. The molecule has 6 nitrogen and oxygen atoms in total. The highest BCUT2D eigenvalue weighted by Crippen LogP contribution is 2.49. The van der Waals surface area contributed by atoms with Gasteiger partial charge in [-0.1, -0.05) is 40.9 Å². The van der Waals surface area contributed by atoms with Gasteiger partial charge >= 0.3 is 6.18 Å². The number of halogens is 6. The molecule has 0 bridgehead atoms. The monoisotopic (exact) mass is 485 g/mol. The number of rotatable bonds is 3. The van der Waals surface area contributed by atoms with Gasteiger partial charge < -0.3 is 0 Å². The fourth-order valence-electron chi connectivity index (χ4n) is 3.08. The van der Waals surface area contributed by atoms with E-state index in [9.17, 15) is 18.4 Å². The number of aromatic nitrogens is 3. The van der Waals surface area contributed by atoms with Gasteiger partial charge in [-0.05, 0) is 30.3 Å². The topological polar surface area (TPSA) is 75.8 Å². The standard InChI is InChI=1S/C19H9Cl3F3N5O/c20-13-4-12(5-14(21)17(13)22)18(19(23,24)25)6-15(29-31-18)10-1-2-16(11(3-10)7-26)30-9-27-8-28-30/h1-6,8-9,29H. The van der Waals surface area contributed by atoms with E-state index in [1.165, 1.54) is 35.5 Å². The predicted molar refractivity (Wildman–Crippen MR) is 107 cm³/mol. The third-order valence-corrected chi connectivity index (χ3v) is 5.79. The lowest BCUT2D eigenvalue weighted by Crippen LogP contribution is -2.42. The van der Waals surface area contributed by atoms with Crippen molar-refractivity contribution in [2.24, 2.45) is 0 Å². The molecule has 0 saturated carbocycles. The maximum atomic E-state index is 14.2. The Morgan fingerprint density at radius 1 is 1.13 bits per heavy atom. The van der Waals surface area contributed by atoms with Crippen LogP contribution >= 0.6 is 34.8 Å². The van der Waals surface area contributed by atoms with E-state index >= 15 is 0 Å². The van der Waals surface area contributed by atoms with Crippen LogP contribution in [0.25, 0.3) is 11.4 Å². The van der Waals surface area contributed by atoms with Crippen LogP contribution in [-0.2, 0) is 10.4 Å². The van der Waals surface area contributed by atoms with Gasteiger partial charge in [0.1, 0.15) is 18.7 Å². The summed E-state index contributed by atoms with van der Waals surface area (Å²) in [6.45, 7) is 0. The fraction of sp³-hybridized carbons (Fsp3) is 0.105. The van der Waals surface area contributed by atoms with Crippen LogP contribution in [0.1, 0.15) is 16.7 Å². The number of hydrogen-bond donors (Lipinski definition) is 1. The Labute approximate surface area is 188 Å². The van der Waals surface area contributed by atoms with E-state index in [4.69, 9.17) is 39.6 Å². The van der Waals surface area contributed by atoms with Gasteiger partial charge in [0.2, 0.25) is 5.60 Å². The first-order valence-corrected chi connectivity index (χ1v) is 9.58. The third kappa shape index (κ3) is 3.62. The molecule has 0 radical (unpaired) electrons. The van der Waals surface area contributed by atoms with Crippen LogP contribution in [0.3, 0.4) is 0 Å². The number of nitriles is 1. The number of hydrogen-bond acceptors (Lipinski definition) is 5. The fourth-order valence-corrected chi connectivity index (χ4v) is 3.68. The second-order valence-corrected chi connectivity index (χ2v) is 7.63. The highest BCUT2D eigenvalue weighted by Gasteiger charge is 2.59. The molecule has 0 aliphatic carbocycles. The molecule has 2 heterocycles. The van der Waals surface area contributed by atoms with Crippen molar-refractivity contribution in [3.8, 4) is 11.8 Å². The van der Waals surface area contributed by atoms with E-state index in [0.717, 1.165) is 18.2 Å². The summed E-state index contributed by atoms with van der Waals surface area (Å²) in [5, 5.41) is 13.1. The Hall–Kier alpha value is -2.77. The molecule has 0 saturated heterocycles. The average molecular weight is 487 g/mol. The summed E-state index contributed by atoms with van der Waals surface area (Å²) < 4.78 is 43.8. The average Bonchev–Trinajstić information content (AvgIpc) is 3.41. The van der Waals surface area contributed by atoms with E-state index in [1.807, 2.05) is 6.07 Å². The van der Waals surface area contributed by atoms with Crippen LogP contribution in [0.4, 0.5) is 13.2 Å². The summed E-state index contributed by atoms with van der Waals surface area (Å²) in [5.74, 6) is 0. The predicted octanol–water partition coefficient (Wildman–Crippen LogP) is 5.43. The molecule has 1 N–H and O–H groups in total. The highest BCUT2D eigenvalue weighted by atomic mass is 35.5. The van der Waals surface area contributed by atoms with Gasteiger partial charge in [0.15, 0.2) is 0 Å². The molecule has 0 amide bonds. The van der Waals surface area contributed by atoms with Gasteiger partial charge in [0.05, 0.1) is 32.0 Å². The van der Waals surface area contributed by atoms with Crippen molar-refractivity contribution in [2.45, 2.75) is 11.8 Å². The van der Waals surface area contributed by atoms with Crippen LogP contribution in [-0.4, -0.2) is 20.9 Å². The quantitative estimate of drug-likeness (QED) is 0.500. The summed E-state index contributed by atoms with van der Waals surface area (Å²) in [6.07, 6.45) is -1.33. The summed E-state index contributed by atoms with van der Waals surface area (Å²) in [4.78, 5) is 8.86. The van der Waals surface area contributed by atoms with Crippen LogP contribution in [0.15, 0.2) is 49.1 Å². The molecule has 1 atom stereocenters. The molecule has 1 unspecified atom stereocenters. The molecule has 158 valence electrons. The zero-order valence-electron chi connectivity index (χ0n) is 15.1. The Morgan fingerprint density at radius 2 is 1.84 bits per heavy atom. The van der Waals surface area contributed by atoms with E-state index in [-0.39, 0.29) is 37.5 Å². The molecule has 1 aromatic heterocycles. The normalized spacial score (nSPS) is 18.4. The minimum absolute atomic E-state index is 0.00107. The second kappa shape index (κ2) is 7.73. The molecular weight excluding hydrogens is 478 g/mol. The number of benzene rings is 2. The van der Waals surface area contributed by atoms with Crippen LogP contribution in [0.5, 0.6) is 0 Å². The molecule has 0 fully saturated rings. The van der Waals surface area contributed by atoms with Crippen molar-refractivity contribution in [1.82, 2.24) is 20.2 Å². The maximum Gasteiger partial charge on any atom is 0.428 e. The third-order valence-electron chi connectivity index (χ3n) is 4.60. The molecule has 3 aromatic rings. The lowest BCUT2D eigenvalue weighted by molar-refractivity contribution is -0.269. The maximum absolute atomic E-state index is 14.2. The number of alkyl halides is 3. The minimum atomic E-state index is -4.87. The molecule has 2 aromatic carbocycles. The lowest BCUT2D eigenvalue weighted by Gasteiger charge is -2.29. The Morgan fingerprint density at radius 3 is 2.42 bits per heavy atom. The first-order chi connectivity index (χ1) is 14.7. The molecule has 4 rings (SSSR count). The van der Waals surface area contributed by atoms with Crippen molar-refractivity contribution in [1.29, 1.82) is 5.26 Å². The smallest absolute Gasteiger partial charge is 0.265 e. The van der Waals surface area contributed by atoms with Crippen LogP contribution in [0, 0.1) is 11.3 Å². The second-order valence-electron chi connectivity index (χ2n) is 6.43. The number of nitrogens with one attached hydrogen (secondary N) is 1. The zero-order valence-corrected chi connectivity index (χ0v) is 17.4. The molecular formula is C19H9Cl3F3N5O. The van der Waals surface area contributed by atoms with Gasteiger partial charge in [-0.25, -0.2) is 9.67 Å². The van der Waals surface area contributed by atoms with Crippen molar-refractivity contribution >= 4 is 40.5 Å². The van der Waals surface area contributed by atoms with Crippen molar-refractivity contribution < 1.29 is 18.0 Å². The molecule has 12 heteroatoms. The molecule has 1 aliphatic rings. The van der Waals surface area contributed by atoms with Gasteiger partial charge in [-0.3, -0.25) is 10.3 Å². The van der Waals surface area contributed by atoms with Gasteiger partial charge in [-0.15, -0.1) is 0 Å². The number of hydroxylamine groups is 1. The summed E-state index contributed by atoms with van der Waals surface area (Å²) in [7, 11) is 0. The highest BCUT2D eigenvalue weighted by molar-refractivity contribution is 6.48. The largest absolute Gasteiger partial charge is 0.428 e. The molecule has 31 heavy (non-hydrogen) atoms. The SMILES string of the molecule is N#Cc1cc(C2=CC(c3cc(Cl)c(Cl)c(Cl)c3)(C(F)(F)F)ON2)ccc1-n1cncn1. The van der Waals surface area contributed by atoms with Gasteiger partial charge in [0, 0.05) is 11.1 Å². The van der Waals surface area contributed by atoms with E-state index in [1.54, 1.807) is 0 Å². The summed E-state index contributed by atoms with van der Waals surface area (Å²) in [6, 6.07) is 8.55. The first kappa shape index (κ1) is 21.5. The summed E-state index contributed by atoms with van der Waals surface area (Å²) >= 11 is 17.7. The van der Waals surface area contributed by atoms with Gasteiger partial charge in [-0.2, -0.15) is 23.5 Å².